The van der Waals surface area contributed by atoms with Crippen molar-refractivity contribution < 1.29 is 0 Å². The summed E-state index contributed by atoms with van der Waals surface area (Å²) in [5.74, 6) is 1.04. The van der Waals surface area contributed by atoms with Crippen LogP contribution in [0.3, 0.4) is 0 Å². The molecule has 0 amide bonds. The van der Waals surface area contributed by atoms with Crippen molar-refractivity contribution in [3.8, 4) is 30.6 Å². The molecule has 2 atom stereocenters. The van der Waals surface area contributed by atoms with Gasteiger partial charge in [0, 0.05) is 60.9 Å². The first-order valence-electron chi connectivity index (χ1n) is 37.4. The molecule has 0 N–H and O–H groups in total. The van der Waals surface area contributed by atoms with E-state index in [9.17, 15) is 0 Å². The summed E-state index contributed by atoms with van der Waals surface area (Å²) >= 11 is 7.17. The Kier molecular flexibility index (Phi) is 32.2. The number of hydrogen-bond acceptors (Lipinski definition) is 6. The number of fused-ring (bicyclic) bond motifs is 3. The predicted molar refractivity (Wildman–Crippen MR) is 408 cm³/mol. The number of hydrogen-bond donors (Lipinski definition) is 0. The molecule has 0 saturated carbocycles. The quantitative estimate of drug-likeness (QED) is 0.0356. The lowest BCUT2D eigenvalue weighted by atomic mass is 9.82. The van der Waals surface area contributed by atoms with Crippen molar-refractivity contribution in [3.05, 3.63) is 124 Å². The summed E-state index contributed by atoms with van der Waals surface area (Å²) < 4.78 is 0. The summed E-state index contributed by atoms with van der Waals surface area (Å²) in [5, 5.41) is 6.55. The Balaban J connectivity index is 1.19. The minimum absolute atomic E-state index is 0.172. The van der Waals surface area contributed by atoms with E-state index < -0.39 is 0 Å². The van der Waals surface area contributed by atoms with Crippen LogP contribution in [0.4, 0.5) is 0 Å². The molecule has 4 aromatic carbocycles. The molecule has 2 nitrogen and oxygen atoms in total. The zero-order chi connectivity index (χ0) is 63.1. The van der Waals surface area contributed by atoms with E-state index >= 15 is 9.59 Å². The van der Waals surface area contributed by atoms with E-state index in [0.717, 1.165) is 55.3 Å². The second-order valence-corrected chi connectivity index (χ2v) is 32.5. The average Bonchev–Trinajstić information content (AvgIpc) is 1.51. The van der Waals surface area contributed by atoms with Crippen LogP contribution in [0.5, 0.6) is 0 Å². The molecule has 4 aromatic heterocycles. The van der Waals surface area contributed by atoms with Gasteiger partial charge in [-0.15, -0.1) is 45.3 Å². The lowest BCUT2D eigenvalue weighted by molar-refractivity contribution is 0.400. The highest BCUT2D eigenvalue weighted by Crippen LogP contribution is 2.44. The van der Waals surface area contributed by atoms with Gasteiger partial charge in [0.2, 0.25) is 0 Å². The third-order valence-corrected chi connectivity index (χ3v) is 24.4. The summed E-state index contributed by atoms with van der Waals surface area (Å²) in [5.41, 5.74) is 4.72. The molecule has 90 heavy (non-hydrogen) atoms. The molecule has 0 fully saturated rings. The molecule has 0 saturated heterocycles. The fourth-order valence-corrected chi connectivity index (χ4v) is 18.3. The minimum Gasteiger partial charge on any atom is -0.289 e. The Morgan fingerprint density at radius 3 is 0.956 bits per heavy atom. The first kappa shape index (κ1) is 71.9. The van der Waals surface area contributed by atoms with Crippen LogP contribution in [-0.2, 0) is 12.8 Å². The van der Waals surface area contributed by atoms with Crippen molar-refractivity contribution in [1.29, 1.82) is 0 Å². The van der Waals surface area contributed by atoms with Crippen LogP contribution in [-0.4, -0.2) is 0 Å². The standard InChI is InChI=1S/C84H118O2S4/c1-7-11-15-19-23-27-29-33-37-41-45-65(43-39-35-31-25-21-17-13-9-3)57-69-72-60-76-74(62-78(84(76)86)80-55-56-82(90-80)81-54-52-68(89-81)51-50-67-49-47-63(5)87-67)70(71(72)59-75-73(69)61-77(83(75)85)79-53-48-64(6)88-79)58-66(44-40-36-32-26-22-18-14-10-4)46-42-38-34-30-28-24-20-16-12-8-2/h47-56,59-62,65-66H,7-46,57-58H2,1-6H3/b51-50+. The van der Waals surface area contributed by atoms with Gasteiger partial charge in [-0.05, 0) is 156 Å². The van der Waals surface area contributed by atoms with E-state index in [1.165, 1.54) is 308 Å². The van der Waals surface area contributed by atoms with E-state index in [1.54, 1.807) is 22.7 Å². The number of unbranched alkanes of at least 4 members (excludes halogenated alkanes) is 32. The molecule has 4 heterocycles. The smallest absolute Gasteiger partial charge is 0.195 e. The largest absolute Gasteiger partial charge is 0.289 e. The fourth-order valence-electron chi connectivity index (χ4n) is 14.7. The molecule has 8 rings (SSSR count). The van der Waals surface area contributed by atoms with E-state index in [4.69, 9.17) is 0 Å². The Morgan fingerprint density at radius 1 is 0.300 bits per heavy atom. The van der Waals surface area contributed by atoms with Crippen LogP contribution in [0.15, 0.2) is 82.4 Å². The third-order valence-electron chi connectivity index (χ3n) is 20.1. The van der Waals surface area contributed by atoms with E-state index in [2.05, 4.69) is 126 Å². The number of benzene rings is 2. The summed E-state index contributed by atoms with van der Waals surface area (Å²) in [7, 11) is 0. The molecular weight excluding hydrogens is 1170 g/mol. The van der Waals surface area contributed by atoms with Crippen LogP contribution in [0.2, 0.25) is 0 Å². The van der Waals surface area contributed by atoms with Crippen molar-refractivity contribution in [2.24, 2.45) is 11.8 Å². The van der Waals surface area contributed by atoms with Crippen molar-refractivity contribution in [2.75, 3.05) is 0 Å². The molecule has 0 aliphatic heterocycles. The molecule has 490 valence electrons. The van der Waals surface area contributed by atoms with Crippen LogP contribution < -0.4 is 10.9 Å². The molecule has 0 spiro atoms. The summed E-state index contributed by atoms with van der Waals surface area (Å²) in [6, 6.07) is 27.0. The van der Waals surface area contributed by atoms with Gasteiger partial charge >= 0.3 is 0 Å². The van der Waals surface area contributed by atoms with Gasteiger partial charge in [0.1, 0.15) is 0 Å². The fraction of sp³-hybridized carbons (Fsp3) is 0.595. The van der Waals surface area contributed by atoms with Gasteiger partial charge in [-0.25, -0.2) is 0 Å². The molecule has 0 aliphatic rings. The molecule has 6 heteroatoms. The molecule has 8 aromatic rings. The van der Waals surface area contributed by atoms with Gasteiger partial charge in [0.05, 0.1) is 0 Å². The van der Waals surface area contributed by atoms with E-state index in [1.807, 2.05) is 22.7 Å². The summed E-state index contributed by atoms with van der Waals surface area (Å²) in [6.45, 7) is 13.6. The Morgan fingerprint density at radius 2 is 0.589 bits per heavy atom. The molecule has 0 bridgehead atoms. The van der Waals surface area contributed by atoms with Gasteiger partial charge < -0.3 is 0 Å². The minimum atomic E-state index is 0.172. The lowest BCUT2D eigenvalue weighted by Crippen LogP contribution is -2.09. The second kappa shape index (κ2) is 40.3. The molecular formula is C84H118O2S4. The molecule has 0 radical (unpaired) electrons. The van der Waals surface area contributed by atoms with Crippen LogP contribution >= 0.6 is 45.3 Å². The van der Waals surface area contributed by atoms with Crippen LogP contribution in [0.25, 0.3) is 75.1 Å². The topological polar surface area (TPSA) is 34.1 Å². The Bertz CT molecular complexity index is 3420. The zero-order valence-corrected chi connectivity index (χ0v) is 60.7. The zero-order valence-electron chi connectivity index (χ0n) is 57.4. The first-order chi connectivity index (χ1) is 44.2. The maximum atomic E-state index is 15.7. The van der Waals surface area contributed by atoms with E-state index in [0.29, 0.717) is 11.8 Å². The Labute approximate surface area is 563 Å². The monoisotopic (exact) mass is 1290 g/mol. The van der Waals surface area contributed by atoms with Crippen LogP contribution in [0.1, 0.15) is 315 Å². The van der Waals surface area contributed by atoms with Crippen molar-refractivity contribution in [3.63, 3.8) is 0 Å². The number of thiophene rings is 4. The van der Waals surface area contributed by atoms with Gasteiger partial charge in [-0.2, -0.15) is 0 Å². The average molecular weight is 1290 g/mol. The molecule has 2 unspecified atom stereocenters. The lowest BCUT2D eigenvalue weighted by Gasteiger charge is -2.22. The van der Waals surface area contributed by atoms with Gasteiger partial charge in [-0.3, -0.25) is 9.59 Å². The number of aryl methyl sites for hydroxylation is 2. The van der Waals surface area contributed by atoms with Gasteiger partial charge in [0.25, 0.3) is 0 Å². The summed E-state index contributed by atoms with van der Waals surface area (Å²) in [6.07, 6.45) is 59.5. The van der Waals surface area contributed by atoms with Crippen molar-refractivity contribution in [2.45, 2.75) is 311 Å². The Hall–Kier alpha value is -3.94. The highest BCUT2D eigenvalue weighted by molar-refractivity contribution is 7.24. The highest BCUT2D eigenvalue weighted by Gasteiger charge is 2.26. The second-order valence-electron chi connectivity index (χ2n) is 27.7. The molecule has 0 aliphatic carbocycles. The normalized spacial score (nSPS) is 12.8. The number of rotatable bonds is 49. The maximum Gasteiger partial charge on any atom is 0.195 e. The van der Waals surface area contributed by atoms with Crippen molar-refractivity contribution in [1.82, 2.24) is 0 Å². The maximum absolute atomic E-state index is 15.7. The van der Waals surface area contributed by atoms with Gasteiger partial charge in [0.15, 0.2) is 10.9 Å². The highest BCUT2D eigenvalue weighted by atomic mass is 32.1. The summed E-state index contributed by atoms with van der Waals surface area (Å²) in [4.78, 5) is 40.7. The van der Waals surface area contributed by atoms with E-state index in [-0.39, 0.29) is 10.9 Å². The van der Waals surface area contributed by atoms with Crippen LogP contribution in [0, 0.1) is 25.7 Å². The third kappa shape index (κ3) is 22.4. The van der Waals surface area contributed by atoms with Gasteiger partial charge in [-0.1, -0.05) is 285 Å². The predicted octanol–water partition coefficient (Wildman–Crippen LogP) is 28.8. The SMILES string of the molecule is CCCCCCCCCCCCC(CCCCCCCCCC)Cc1c2cc3c(=O)c(-c4ccc(-c5ccc(/C=C/c6ccc(C)s6)s5)s4)cc3c(CC(CCCCCCCCCC)CCCCCCCCCCCC)c2cc2c(=O)c(-c3ccc(C)s3)cc12. The first-order valence-corrected chi connectivity index (χ1v) is 40.7. The van der Waals surface area contributed by atoms with Crippen molar-refractivity contribution >= 4 is 89.8 Å².